The third-order valence-corrected chi connectivity index (χ3v) is 3.97. The van der Waals surface area contributed by atoms with Gasteiger partial charge in [0.25, 0.3) is 0 Å². The number of aryl methyl sites for hydroxylation is 2. The van der Waals surface area contributed by atoms with Crippen LogP contribution < -0.4 is 0 Å². The molecule has 0 radical (unpaired) electrons. The van der Waals surface area contributed by atoms with E-state index in [9.17, 15) is 0 Å². The zero-order chi connectivity index (χ0) is 14.1. The average molecular weight is 265 g/mol. The van der Waals surface area contributed by atoms with Gasteiger partial charge in [0.15, 0.2) is 0 Å². The maximum Gasteiger partial charge on any atom is 0.109 e. The van der Waals surface area contributed by atoms with E-state index in [2.05, 4.69) is 55.2 Å². The highest BCUT2D eigenvalue weighted by atomic mass is 16.5. The molecule has 2 nitrogen and oxygen atoms in total. The van der Waals surface area contributed by atoms with Crippen molar-refractivity contribution < 1.29 is 4.74 Å². The number of aromatic amines is 1. The molecule has 0 bridgehead atoms. The molecule has 0 saturated heterocycles. The molecule has 0 aliphatic rings. The molecule has 1 heterocycles. The summed E-state index contributed by atoms with van der Waals surface area (Å²) >= 11 is 0. The number of rotatable bonds is 3. The number of hydrogen-bond donors (Lipinski definition) is 1. The molecule has 1 unspecified atom stereocenters. The van der Waals surface area contributed by atoms with Gasteiger partial charge < -0.3 is 9.72 Å². The summed E-state index contributed by atoms with van der Waals surface area (Å²) in [5.41, 5.74) is 6.13. The minimum Gasteiger partial charge on any atom is -0.372 e. The zero-order valence-electron chi connectivity index (χ0n) is 12.1. The monoisotopic (exact) mass is 265 g/mol. The Morgan fingerprint density at radius 2 is 1.80 bits per heavy atom. The molecule has 1 aromatic heterocycles. The topological polar surface area (TPSA) is 25.0 Å². The molecule has 0 spiro atoms. The maximum absolute atomic E-state index is 5.76. The first kappa shape index (κ1) is 12.9. The van der Waals surface area contributed by atoms with Crippen LogP contribution in [-0.4, -0.2) is 12.1 Å². The van der Waals surface area contributed by atoms with Crippen LogP contribution in [0, 0.1) is 13.8 Å². The van der Waals surface area contributed by atoms with Gasteiger partial charge in [0.1, 0.15) is 6.10 Å². The predicted molar refractivity (Wildman–Crippen MR) is 83.1 cm³/mol. The quantitative estimate of drug-likeness (QED) is 0.740. The number of H-pyrrole nitrogens is 1. The maximum atomic E-state index is 5.76. The third-order valence-electron chi connectivity index (χ3n) is 3.97. The van der Waals surface area contributed by atoms with Crippen LogP contribution in [0.25, 0.3) is 10.9 Å². The van der Waals surface area contributed by atoms with Gasteiger partial charge in [0.05, 0.1) is 0 Å². The first-order valence-electron chi connectivity index (χ1n) is 6.86. The molecule has 3 rings (SSSR count). The van der Waals surface area contributed by atoms with Gasteiger partial charge in [-0.3, -0.25) is 0 Å². The minimum atomic E-state index is -0.0366. The number of aromatic nitrogens is 1. The molecule has 2 heteroatoms. The van der Waals surface area contributed by atoms with Crippen LogP contribution in [0.3, 0.4) is 0 Å². The van der Waals surface area contributed by atoms with Gasteiger partial charge in [0, 0.05) is 29.8 Å². The van der Waals surface area contributed by atoms with Gasteiger partial charge in [-0.25, -0.2) is 0 Å². The molecule has 0 aliphatic carbocycles. The van der Waals surface area contributed by atoms with E-state index < -0.39 is 0 Å². The lowest BCUT2D eigenvalue weighted by molar-refractivity contribution is 0.137. The molecule has 20 heavy (non-hydrogen) atoms. The van der Waals surface area contributed by atoms with E-state index in [0.29, 0.717) is 0 Å². The van der Waals surface area contributed by atoms with Crippen molar-refractivity contribution in [1.29, 1.82) is 0 Å². The van der Waals surface area contributed by atoms with Crippen LogP contribution in [0.15, 0.2) is 48.7 Å². The smallest absolute Gasteiger partial charge is 0.109 e. The van der Waals surface area contributed by atoms with Gasteiger partial charge in [-0.05, 0) is 36.6 Å². The van der Waals surface area contributed by atoms with Gasteiger partial charge in [-0.2, -0.15) is 0 Å². The summed E-state index contributed by atoms with van der Waals surface area (Å²) in [5.74, 6) is 0. The highest BCUT2D eigenvalue weighted by molar-refractivity contribution is 5.83. The molecule has 2 aromatic carbocycles. The normalized spacial score (nSPS) is 12.8. The Morgan fingerprint density at radius 3 is 2.55 bits per heavy atom. The fourth-order valence-electron chi connectivity index (χ4n) is 2.68. The van der Waals surface area contributed by atoms with Gasteiger partial charge in [0.2, 0.25) is 0 Å². The Labute approximate surface area is 119 Å². The van der Waals surface area contributed by atoms with Crippen molar-refractivity contribution in [2.24, 2.45) is 0 Å². The molecular formula is C18H19NO. The fourth-order valence-corrected chi connectivity index (χ4v) is 2.68. The van der Waals surface area contributed by atoms with Crippen LogP contribution in [0.2, 0.25) is 0 Å². The Hall–Kier alpha value is -2.06. The van der Waals surface area contributed by atoms with Crippen molar-refractivity contribution in [1.82, 2.24) is 4.98 Å². The van der Waals surface area contributed by atoms with Crippen LogP contribution in [0.1, 0.15) is 28.4 Å². The lowest BCUT2D eigenvalue weighted by atomic mass is 9.97. The second kappa shape index (κ2) is 5.14. The highest BCUT2D eigenvalue weighted by Gasteiger charge is 2.17. The fraction of sp³-hybridized carbons (Fsp3) is 0.222. The van der Waals surface area contributed by atoms with Crippen molar-refractivity contribution >= 4 is 10.9 Å². The average Bonchev–Trinajstić information content (AvgIpc) is 2.88. The van der Waals surface area contributed by atoms with Crippen LogP contribution >= 0.6 is 0 Å². The molecule has 0 amide bonds. The molecule has 1 atom stereocenters. The third kappa shape index (κ3) is 2.12. The summed E-state index contributed by atoms with van der Waals surface area (Å²) in [5, 5.41) is 1.22. The molecule has 3 aromatic rings. The van der Waals surface area contributed by atoms with Crippen molar-refractivity contribution in [3.05, 3.63) is 70.9 Å². The van der Waals surface area contributed by atoms with E-state index in [-0.39, 0.29) is 6.10 Å². The summed E-state index contributed by atoms with van der Waals surface area (Å²) in [6, 6.07) is 14.8. The van der Waals surface area contributed by atoms with Gasteiger partial charge >= 0.3 is 0 Å². The lowest BCUT2D eigenvalue weighted by Gasteiger charge is -2.16. The minimum absolute atomic E-state index is 0.0366. The summed E-state index contributed by atoms with van der Waals surface area (Å²) in [6.45, 7) is 4.27. The van der Waals surface area contributed by atoms with E-state index in [1.165, 1.54) is 27.6 Å². The molecule has 0 saturated carbocycles. The first-order valence-corrected chi connectivity index (χ1v) is 6.86. The van der Waals surface area contributed by atoms with E-state index in [1.807, 2.05) is 12.3 Å². The Bertz CT molecular complexity index is 742. The van der Waals surface area contributed by atoms with Crippen LogP contribution in [0.4, 0.5) is 0 Å². The summed E-state index contributed by atoms with van der Waals surface area (Å²) in [4.78, 5) is 3.32. The van der Waals surface area contributed by atoms with Gasteiger partial charge in [-0.1, -0.05) is 36.4 Å². The van der Waals surface area contributed by atoms with E-state index >= 15 is 0 Å². The standard InChI is InChI=1S/C18H19NO/c1-12-8-9-14(10-13(12)2)18(20-3)16-11-19-17-7-5-4-6-15(16)17/h4-11,18-19H,1-3H3. The molecular weight excluding hydrogens is 246 g/mol. The zero-order valence-corrected chi connectivity index (χ0v) is 12.1. The number of benzene rings is 2. The van der Waals surface area contributed by atoms with E-state index in [1.54, 1.807) is 7.11 Å². The summed E-state index contributed by atoms with van der Waals surface area (Å²) in [7, 11) is 1.77. The number of methoxy groups -OCH3 is 1. The Kier molecular flexibility index (Phi) is 3.33. The number of nitrogens with one attached hydrogen (secondary N) is 1. The SMILES string of the molecule is COC(c1ccc(C)c(C)c1)c1c[nH]c2ccccc12. The molecule has 1 N–H and O–H groups in total. The molecule has 102 valence electrons. The Morgan fingerprint density at radius 1 is 1.00 bits per heavy atom. The predicted octanol–water partition coefficient (Wildman–Crippen LogP) is 4.52. The molecule has 0 aliphatic heterocycles. The number of hydrogen-bond acceptors (Lipinski definition) is 1. The second-order valence-corrected chi connectivity index (χ2v) is 5.25. The highest BCUT2D eigenvalue weighted by Crippen LogP contribution is 2.32. The molecule has 0 fully saturated rings. The van der Waals surface area contributed by atoms with Crippen molar-refractivity contribution in [3.8, 4) is 0 Å². The van der Waals surface area contributed by atoms with Crippen LogP contribution in [-0.2, 0) is 4.74 Å². The summed E-state index contributed by atoms with van der Waals surface area (Å²) < 4.78 is 5.76. The van der Waals surface area contributed by atoms with E-state index in [0.717, 1.165) is 5.52 Å². The van der Waals surface area contributed by atoms with Crippen molar-refractivity contribution in [3.63, 3.8) is 0 Å². The Balaban J connectivity index is 2.11. The van der Waals surface area contributed by atoms with E-state index in [4.69, 9.17) is 4.74 Å². The van der Waals surface area contributed by atoms with Gasteiger partial charge in [-0.15, -0.1) is 0 Å². The first-order chi connectivity index (χ1) is 9.70. The number of para-hydroxylation sites is 1. The largest absolute Gasteiger partial charge is 0.372 e. The second-order valence-electron chi connectivity index (χ2n) is 5.25. The lowest BCUT2D eigenvalue weighted by Crippen LogP contribution is -2.03. The number of ether oxygens (including phenoxy) is 1. The van der Waals surface area contributed by atoms with Crippen molar-refractivity contribution in [2.75, 3.05) is 7.11 Å². The summed E-state index contributed by atoms with van der Waals surface area (Å²) in [6.07, 6.45) is 2.01. The van der Waals surface area contributed by atoms with Crippen LogP contribution in [0.5, 0.6) is 0 Å². The number of fused-ring (bicyclic) bond motifs is 1. The van der Waals surface area contributed by atoms with Crippen molar-refractivity contribution in [2.45, 2.75) is 20.0 Å².